The molecule has 1 saturated heterocycles. The standard InChI is InChI=1S/C12H23NO2/c1-4-10-6-5-8-13(10)9-7-12(2,3)11(14)15/h10H,4-9H2,1-3H3,(H,14,15). The summed E-state index contributed by atoms with van der Waals surface area (Å²) in [4.78, 5) is 13.4. The number of carboxylic acids is 1. The summed E-state index contributed by atoms with van der Waals surface area (Å²) in [7, 11) is 0. The molecule has 0 amide bonds. The molecule has 1 rings (SSSR count). The summed E-state index contributed by atoms with van der Waals surface area (Å²) in [5, 5.41) is 9.02. The van der Waals surface area contributed by atoms with Gasteiger partial charge in [-0.15, -0.1) is 0 Å². The minimum Gasteiger partial charge on any atom is -0.481 e. The van der Waals surface area contributed by atoms with E-state index in [-0.39, 0.29) is 0 Å². The molecule has 3 heteroatoms. The van der Waals surface area contributed by atoms with Gasteiger partial charge in [0, 0.05) is 6.04 Å². The molecule has 1 N–H and O–H groups in total. The summed E-state index contributed by atoms with van der Waals surface area (Å²) in [6.07, 6.45) is 4.49. The summed E-state index contributed by atoms with van der Waals surface area (Å²) in [5.74, 6) is -0.685. The average Bonchev–Trinajstić information content (AvgIpc) is 2.61. The second-order valence-corrected chi connectivity index (χ2v) is 5.18. The second-order valence-electron chi connectivity index (χ2n) is 5.18. The summed E-state index contributed by atoms with van der Waals surface area (Å²) >= 11 is 0. The molecule has 1 aliphatic rings. The van der Waals surface area contributed by atoms with Gasteiger partial charge < -0.3 is 10.0 Å². The minimum atomic E-state index is -0.685. The van der Waals surface area contributed by atoms with Crippen molar-refractivity contribution in [3.63, 3.8) is 0 Å². The zero-order chi connectivity index (χ0) is 11.5. The molecule has 15 heavy (non-hydrogen) atoms. The zero-order valence-electron chi connectivity index (χ0n) is 10.1. The fourth-order valence-electron chi connectivity index (χ4n) is 2.18. The van der Waals surface area contributed by atoms with E-state index in [4.69, 9.17) is 5.11 Å². The Kier molecular flexibility index (Phi) is 4.14. The van der Waals surface area contributed by atoms with Crippen molar-refractivity contribution in [1.29, 1.82) is 0 Å². The Morgan fingerprint density at radius 1 is 1.53 bits per heavy atom. The fourth-order valence-corrected chi connectivity index (χ4v) is 2.18. The lowest BCUT2D eigenvalue weighted by molar-refractivity contribution is -0.147. The van der Waals surface area contributed by atoms with Crippen molar-refractivity contribution in [2.45, 2.75) is 52.5 Å². The van der Waals surface area contributed by atoms with Crippen molar-refractivity contribution in [3.05, 3.63) is 0 Å². The van der Waals surface area contributed by atoms with Gasteiger partial charge in [0.1, 0.15) is 0 Å². The number of likely N-dealkylation sites (tertiary alicyclic amines) is 1. The molecule has 0 aromatic rings. The molecular formula is C12H23NO2. The van der Waals surface area contributed by atoms with Crippen LogP contribution in [0.25, 0.3) is 0 Å². The highest BCUT2D eigenvalue weighted by Gasteiger charge is 2.30. The third kappa shape index (κ3) is 3.20. The van der Waals surface area contributed by atoms with E-state index in [9.17, 15) is 4.79 Å². The highest BCUT2D eigenvalue weighted by Crippen LogP contribution is 2.25. The average molecular weight is 213 g/mol. The third-order valence-corrected chi connectivity index (χ3v) is 3.57. The lowest BCUT2D eigenvalue weighted by atomic mass is 9.89. The van der Waals surface area contributed by atoms with Crippen LogP contribution in [0.15, 0.2) is 0 Å². The molecule has 0 saturated carbocycles. The molecule has 0 bridgehead atoms. The molecule has 1 aliphatic heterocycles. The minimum absolute atomic E-state index is 0.582. The van der Waals surface area contributed by atoms with E-state index in [1.807, 2.05) is 13.8 Å². The first-order chi connectivity index (χ1) is 6.97. The Morgan fingerprint density at radius 3 is 2.73 bits per heavy atom. The molecule has 0 aliphatic carbocycles. The number of aliphatic carboxylic acids is 1. The first kappa shape index (κ1) is 12.5. The van der Waals surface area contributed by atoms with Crippen LogP contribution in [0.5, 0.6) is 0 Å². The van der Waals surface area contributed by atoms with Gasteiger partial charge in [0.2, 0.25) is 0 Å². The molecule has 1 fully saturated rings. The van der Waals surface area contributed by atoms with Crippen LogP contribution in [0.4, 0.5) is 0 Å². The van der Waals surface area contributed by atoms with Gasteiger partial charge >= 0.3 is 5.97 Å². The van der Waals surface area contributed by atoms with E-state index in [1.54, 1.807) is 0 Å². The Bertz CT molecular complexity index is 226. The maximum absolute atomic E-state index is 11.0. The Balaban J connectivity index is 2.39. The number of rotatable bonds is 5. The van der Waals surface area contributed by atoms with Gasteiger partial charge in [-0.05, 0) is 52.6 Å². The van der Waals surface area contributed by atoms with Crippen LogP contribution in [0.3, 0.4) is 0 Å². The maximum atomic E-state index is 11.0. The van der Waals surface area contributed by atoms with E-state index >= 15 is 0 Å². The molecule has 0 spiro atoms. The van der Waals surface area contributed by atoms with Crippen LogP contribution in [-0.4, -0.2) is 35.1 Å². The predicted octanol–water partition coefficient (Wildman–Crippen LogP) is 2.36. The smallest absolute Gasteiger partial charge is 0.309 e. The van der Waals surface area contributed by atoms with Crippen molar-refractivity contribution in [2.24, 2.45) is 5.41 Å². The molecule has 1 atom stereocenters. The van der Waals surface area contributed by atoms with Gasteiger partial charge in [-0.2, -0.15) is 0 Å². The summed E-state index contributed by atoms with van der Waals surface area (Å²) < 4.78 is 0. The Morgan fingerprint density at radius 2 is 2.20 bits per heavy atom. The Hall–Kier alpha value is -0.570. The van der Waals surface area contributed by atoms with Gasteiger partial charge in [0.25, 0.3) is 0 Å². The number of hydrogen-bond donors (Lipinski definition) is 1. The first-order valence-electron chi connectivity index (χ1n) is 5.95. The third-order valence-electron chi connectivity index (χ3n) is 3.57. The van der Waals surface area contributed by atoms with E-state index < -0.39 is 11.4 Å². The molecule has 0 aromatic carbocycles. The zero-order valence-corrected chi connectivity index (χ0v) is 10.1. The molecule has 0 radical (unpaired) electrons. The summed E-state index contributed by atoms with van der Waals surface area (Å²) in [5.41, 5.74) is -0.582. The maximum Gasteiger partial charge on any atom is 0.309 e. The van der Waals surface area contributed by atoms with E-state index in [2.05, 4.69) is 11.8 Å². The highest BCUT2D eigenvalue weighted by molar-refractivity contribution is 5.73. The SMILES string of the molecule is CCC1CCCN1CCC(C)(C)C(=O)O. The molecule has 1 unspecified atom stereocenters. The monoisotopic (exact) mass is 213 g/mol. The van der Waals surface area contributed by atoms with Crippen molar-refractivity contribution >= 4 is 5.97 Å². The van der Waals surface area contributed by atoms with E-state index in [0.717, 1.165) is 19.5 Å². The lowest BCUT2D eigenvalue weighted by Gasteiger charge is -2.27. The second kappa shape index (κ2) is 4.97. The van der Waals surface area contributed by atoms with Crippen molar-refractivity contribution in [1.82, 2.24) is 4.90 Å². The Labute approximate surface area is 92.5 Å². The topological polar surface area (TPSA) is 40.5 Å². The van der Waals surface area contributed by atoms with Crippen LogP contribution >= 0.6 is 0 Å². The van der Waals surface area contributed by atoms with Crippen LogP contribution < -0.4 is 0 Å². The molecule has 1 heterocycles. The number of hydrogen-bond acceptors (Lipinski definition) is 2. The number of nitrogens with zero attached hydrogens (tertiary/aromatic N) is 1. The van der Waals surface area contributed by atoms with Crippen LogP contribution in [0.1, 0.15) is 46.5 Å². The largest absolute Gasteiger partial charge is 0.481 e. The predicted molar refractivity (Wildman–Crippen MR) is 60.9 cm³/mol. The van der Waals surface area contributed by atoms with Gasteiger partial charge in [-0.3, -0.25) is 4.79 Å². The number of carboxylic acid groups (broad SMARTS) is 1. The summed E-state index contributed by atoms with van der Waals surface area (Å²) in [6.45, 7) is 7.91. The van der Waals surface area contributed by atoms with Crippen molar-refractivity contribution in [3.8, 4) is 0 Å². The van der Waals surface area contributed by atoms with Crippen LogP contribution in [-0.2, 0) is 4.79 Å². The fraction of sp³-hybridized carbons (Fsp3) is 0.917. The number of carbonyl (C=O) groups is 1. The summed E-state index contributed by atoms with van der Waals surface area (Å²) in [6, 6.07) is 0.689. The molecule has 3 nitrogen and oxygen atoms in total. The van der Waals surface area contributed by atoms with Gasteiger partial charge in [0.05, 0.1) is 5.41 Å². The normalized spacial score (nSPS) is 23.3. The van der Waals surface area contributed by atoms with Gasteiger partial charge in [-0.25, -0.2) is 0 Å². The first-order valence-corrected chi connectivity index (χ1v) is 5.95. The molecule has 0 aromatic heterocycles. The highest BCUT2D eigenvalue weighted by atomic mass is 16.4. The van der Waals surface area contributed by atoms with E-state index in [1.165, 1.54) is 19.3 Å². The molecular weight excluding hydrogens is 190 g/mol. The lowest BCUT2D eigenvalue weighted by Crippen LogP contribution is -2.34. The van der Waals surface area contributed by atoms with Gasteiger partial charge in [0.15, 0.2) is 0 Å². The quantitative estimate of drug-likeness (QED) is 0.762. The van der Waals surface area contributed by atoms with Crippen molar-refractivity contribution < 1.29 is 9.90 Å². The van der Waals surface area contributed by atoms with Crippen molar-refractivity contribution in [2.75, 3.05) is 13.1 Å². The van der Waals surface area contributed by atoms with Crippen LogP contribution in [0, 0.1) is 5.41 Å². The van der Waals surface area contributed by atoms with Crippen LogP contribution in [0.2, 0.25) is 0 Å². The van der Waals surface area contributed by atoms with Gasteiger partial charge in [-0.1, -0.05) is 6.92 Å². The molecule has 88 valence electrons. The van der Waals surface area contributed by atoms with E-state index in [0.29, 0.717) is 6.04 Å².